The Kier molecular flexibility index (Phi) is 15.5. The normalized spacial score (nSPS) is 13.2. The number of rotatable bonds is 4. The van der Waals surface area contributed by atoms with Crippen molar-refractivity contribution in [3.63, 3.8) is 0 Å². The van der Waals surface area contributed by atoms with E-state index in [4.69, 9.17) is 24.0 Å². The number of phenolic OH excluding ortho intramolecular Hbond substituents is 2. The van der Waals surface area contributed by atoms with E-state index in [1.54, 1.807) is 18.2 Å². The van der Waals surface area contributed by atoms with Gasteiger partial charge in [-0.1, -0.05) is 45.9 Å². The number of carbonyl (C=O) groups is 1. The topological polar surface area (TPSA) is 153 Å². The average Bonchev–Trinajstić information content (AvgIpc) is 3.09. The first-order valence-electron chi connectivity index (χ1n) is 11.8. The average molecular weight is 594 g/mol. The number of ether oxygens (including phenoxy) is 1. The molecule has 0 unspecified atom stereocenters. The second kappa shape index (κ2) is 15.5. The largest absolute Gasteiger partial charge is 1.00 e. The van der Waals surface area contributed by atoms with Crippen LogP contribution in [0.2, 0.25) is 0 Å². The van der Waals surface area contributed by atoms with Crippen molar-refractivity contribution in [3.05, 3.63) is 93.0 Å². The van der Waals surface area contributed by atoms with Crippen molar-refractivity contribution in [1.82, 2.24) is 0 Å². The maximum atomic E-state index is 13.2. The minimum Gasteiger partial charge on any atom is -0.822 e. The molecule has 3 aromatic carbocycles. The van der Waals surface area contributed by atoms with Gasteiger partial charge in [-0.25, -0.2) is 4.79 Å². The number of aryl methyl sites for hydroxylation is 2. The van der Waals surface area contributed by atoms with Crippen LogP contribution in [0, 0.1) is 13.8 Å². The van der Waals surface area contributed by atoms with Crippen LogP contribution in [0.1, 0.15) is 88.8 Å². The number of hydrogen-bond acceptors (Lipinski definition) is 8. The zero-order valence-electron chi connectivity index (χ0n) is 24.6. The molecule has 0 aromatic heterocycles. The standard InChI is InChI=1S/C28H30O4.3Na.H3O4P/c1-15(2)20-13-25(29)17(5)11-23(20)28(22-10-8-7-9-19(22)27(31)32-28)24-12-18(6)26(30)14-21(24)16(3)4;;;;1-5(2,3)4/h7-16,29-30H,1-6H3;;;;(H3,1,2,3,4)/q;3*+1;/p-3. The zero-order chi connectivity index (χ0) is 27.9. The number of esters is 1. The summed E-state index contributed by atoms with van der Waals surface area (Å²) in [6.07, 6.45) is 0. The third-order valence-corrected chi connectivity index (χ3v) is 6.51. The van der Waals surface area contributed by atoms with Crippen LogP contribution in [0.3, 0.4) is 0 Å². The molecule has 3 aromatic rings. The molecule has 0 radical (unpaired) electrons. The van der Waals surface area contributed by atoms with Crippen LogP contribution in [-0.2, 0) is 14.9 Å². The first kappa shape index (κ1) is 39.8. The Hall–Kier alpha value is -0.160. The molecular weight excluding hydrogens is 564 g/mol. The first-order valence-corrected chi connectivity index (χ1v) is 13.3. The van der Waals surface area contributed by atoms with Crippen molar-refractivity contribution in [1.29, 1.82) is 0 Å². The van der Waals surface area contributed by atoms with Gasteiger partial charge in [-0.05, 0) is 78.3 Å². The fourth-order valence-electron chi connectivity index (χ4n) is 4.75. The van der Waals surface area contributed by atoms with Crippen LogP contribution in [0.25, 0.3) is 0 Å². The molecule has 0 bridgehead atoms. The van der Waals surface area contributed by atoms with Gasteiger partial charge in [-0.2, -0.15) is 7.82 Å². The molecule has 0 saturated carbocycles. The summed E-state index contributed by atoms with van der Waals surface area (Å²) in [5.74, 6) is 0.231. The summed E-state index contributed by atoms with van der Waals surface area (Å²) < 4.78 is 14.9. The van der Waals surface area contributed by atoms with E-state index in [1.165, 1.54) is 0 Å². The van der Waals surface area contributed by atoms with Crippen molar-refractivity contribution in [2.45, 2.75) is 59.0 Å². The molecule has 1 aliphatic heterocycles. The van der Waals surface area contributed by atoms with E-state index < -0.39 is 13.4 Å². The van der Waals surface area contributed by atoms with Crippen LogP contribution >= 0.6 is 7.82 Å². The van der Waals surface area contributed by atoms with Gasteiger partial charge in [0.15, 0.2) is 5.60 Å². The summed E-state index contributed by atoms with van der Waals surface area (Å²) in [7, 11) is -5.39. The zero-order valence-corrected chi connectivity index (χ0v) is 31.5. The fourth-order valence-corrected chi connectivity index (χ4v) is 4.75. The fraction of sp³-hybridized carbons (Fsp3) is 0.321. The number of phosphoric acid groups is 1. The van der Waals surface area contributed by atoms with E-state index >= 15 is 0 Å². The minimum atomic E-state index is -5.39. The van der Waals surface area contributed by atoms with Crippen LogP contribution < -0.4 is 103 Å². The van der Waals surface area contributed by atoms with E-state index in [0.717, 1.165) is 27.8 Å². The van der Waals surface area contributed by atoms with Gasteiger partial charge in [0.05, 0.1) is 5.56 Å². The molecule has 0 amide bonds. The van der Waals surface area contributed by atoms with E-state index in [1.807, 2.05) is 44.2 Å². The first-order chi connectivity index (χ1) is 17.1. The second-order valence-corrected chi connectivity index (χ2v) is 10.7. The van der Waals surface area contributed by atoms with E-state index in [0.29, 0.717) is 16.7 Å². The summed E-state index contributed by atoms with van der Waals surface area (Å²) >= 11 is 0. The van der Waals surface area contributed by atoms with Gasteiger partial charge in [0.2, 0.25) is 0 Å². The van der Waals surface area contributed by atoms with Crippen LogP contribution in [-0.4, -0.2) is 16.2 Å². The number of aromatic hydroxyl groups is 2. The summed E-state index contributed by atoms with van der Waals surface area (Å²) in [4.78, 5) is 38.8. The third kappa shape index (κ3) is 8.48. The Bertz CT molecular complexity index is 1330. The van der Waals surface area contributed by atoms with Gasteiger partial charge in [0, 0.05) is 16.7 Å². The molecule has 2 N–H and O–H groups in total. The summed E-state index contributed by atoms with van der Waals surface area (Å²) in [6, 6.07) is 14.9. The quantitative estimate of drug-likeness (QED) is 0.173. The number of phenols is 2. The molecule has 1 heterocycles. The number of carbonyl (C=O) groups excluding carboxylic acids is 1. The Morgan fingerprint density at radius 1 is 0.750 bits per heavy atom. The Labute approximate surface area is 301 Å². The molecule has 12 heteroatoms. The van der Waals surface area contributed by atoms with Crippen molar-refractivity contribution in [2.75, 3.05) is 0 Å². The molecule has 4 rings (SSSR count). The maximum absolute atomic E-state index is 13.2. The molecule has 0 fully saturated rings. The molecule has 198 valence electrons. The number of fused-ring (bicyclic) bond motifs is 1. The SMILES string of the molecule is Cc1cc(C2(c3cc(C)c(O)cc3C(C)C)OC(=O)c3ccccc32)c(C(C)C)cc1O.O=P([O-])([O-])[O-].[Na+].[Na+].[Na+]. The predicted molar refractivity (Wildman–Crippen MR) is 133 cm³/mol. The summed E-state index contributed by atoms with van der Waals surface area (Å²) in [6.45, 7) is 12.0. The Balaban J connectivity index is 0.00000175. The van der Waals surface area contributed by atoms with Crippen molar-refractivity contribution in [3.8, 4) is 11.5 Å². The molecule has 0 saturated heterocycles. The molecule has 1 aliphatic rings. The summed E-state index contributed by atoms with van der Waals surface area (Å²) in [5, 5.41) is 21.0. The van der Waals surface area contributed by atoms with Gasteiger partial charge in [-0.3, -0.25) is 0 Å². The van der Waals surface area contributed by atoms with Crippen LogP contribution in [0.4, 0.5) is 0 Å². The van der Waals surface area contributed by atoms with Crippen molar-refractivity contribution >= 4 is 13.8 Å². The number of cyclic esters (lactones) is 1. The van der Waals surface area contributed by atoms with Gasteiger partial charge in [0.25, 0.3) is 0 Å². The second-order valence-electron chi connectivity index (χ2n) is 9.82. The minimum absolute atomic E-state index is 0. The Morgan fingerprint density at radius 2 is 1.12 bits per heavy atom. The van der Waals surface area contributed by atoms with E-state index in [-0.39, 0.29) is 118 Å². The van der Waals surface area contributed by atoms with Gasteiger partial charge in [0.1, 0.15) is 11.5 Å². The van der Waals surface area contributed by atoms with Crippen LogP contribution in [0.5, 0.6) is 11.5 Å². The molecule has 40 heavy (non-hydrogen) atoms. The Morgan fingerprint density at radius 3 is 1.50 bits per heavy atom. The smallest absolute Gasteiger partial charge is 0.822 e. The van der Waals surface area contributed by atoms with Gasteiger partial charge >= 0.3 is 94.6 Å². The van der Waals surface area contributed by atoms with Gasteiger partial charge < -0.3 is 34.2 Å². The van der Waals surface area contributed by atoms with Crippen molar-refractivity contribution < 1.29 is 128 Å². The number of hydrogen-bond donors (Lipinski definition) is 2. The third-order valence-electron chi connectivity index (χ3n) is 6.51. The molecule has 0 atom stereocenters. The monoisotopic (exact) mass is 594 g/mol. The molecule has 8 nitrogen and oxygen atoms in total. The van der Waals surface area contributed by atoms with Crippen molar-refractivity contribution in [2.24, 2.45) is 0 Å². The predicted octanol–water partition coefficient (Wildman–Crippen LogP) is -5.39. The van der Waals surface area contributed by atoms with E-state index in [2.05, 4.69) is 27.7 Å². The maximum Gasteiger partial charge on any atom is 1.00 e. The van der Waals surface area contributed by atoms with E-state index in [9.17, 15) is 15.0 Å². The molecule has 0 aliphatic carbocycles. The molecular formula is C28H30Na3O8P. The summed E-state index contributed by atoms with van der Waals surface area (Å²) in [5.41, 5.74) is 5.08. The number of benzene rings is 3. The van der Waals surface area contributed by atoms with Gasteiger partial charge in [-0.15, -0.1) is 0 Å². The molecule has 0 spiro atoms. The van der Waals surface area contributed by atoms with Crippen LogP contribution in [0.15, 0.2) is 48.5 Å².